The lowest BCUT2D eigenvalue weighted by atomic mass is 10.0. The number of hydrogen-bond donors (Lipinski definition) is 0. The van der Waals surface area contributed by atoms with E-state index in [2.05, 4.69) is 0 Å². The van der Waals surface area contributed by atoms with E-state index >= 15 is 0 Å². The van der Waals surface area contributed by atoms with Crippen LogP contribution in [0.5, 0.6) is 5.75 Å². The van der Waals surface area contributed by atoms with Crippen molar-refractivity contribution in [1.82, 2.24) is 9.80 Å². The van der Waals surface area contributed by atoms with Crippen LogP contribution in [0.4, 0.5) is 0 Å². The molecule has 0 atom stereocenters. The van der Waals surface area contributed by atoms with Gasteiger partial charge in [0.2, 0.25) is 0 Å². The molecular weight excluding hydrogens is 348 g/mol. The fraction of sp³-hybridized carbons (Fsp3) is 0.500. The van der Waals surface area contributed by atoms with Crippen LogP contribution in [-0.4, -0.2) is 74.3 Å². The average molecular weight is 374 g/mol. The molecule has 2 aliphatic heterocycles. The Bertz CT molecular complexity index is 720. The van der Waals surface area contributed by atoms with Gasteiger partial charge in [-0.15, -0.1) is 0 Å². The molecule has 1 aromatic rings. The molecule has 2 heterocycles. The van der Waals surface area contributed by atoms with Crippen molar-refractivity contribution in [3.05, 3.63) is 35.5 Å². The maximum atomic E-state index is 13.0. The molecule has 0 spiro atoms. The normalized spacial score (nSPS) is 18.1. The minimum Gasteiger partial charge on any atom is -0.491 e. The van der Waals surface area contributed by atoms with Gasteiger partial charge in [0.15, 0.2) is 0 Å². The highest BCUT2D eigenvalue weighted by atomic mass is 16.5. The SMILES string of the molecule is COCCN1C(=O)C(c2ccc(OC(C)C)cc2)=C(N2CCOCC2)C1=O. The molecule has 0 saturated carbocycles. The molecule has 2 amide bonds. The summed E-state index contributed by atoms with van der Waals surface area (Å²) in [6.45, 7) is 6.71. The number of methoxy groups -OCH3 is 1. The second-order valence-corrected chi connectivity index (χ2v) is 6.77. The Morgan fingerprint density at radius 1 is 1.07 bits per heavy atom. The Morgan fingerprint density at radius 3 is 2.33 bits per heavy atom. The van der Waals surface area contributed by atoms with E-state index in [1.54, 1.807) is 7.11 Å². The van der Waals surface area contributed by atoms with Crippen molar-refractivity contribution in [2.75, 3.05) is 46.6 Å². The minimum absolute atomic E-state index is 0.0678. The van der Waals surface area contributed by atoms with Gasteiger partial charge in [0.25, 0.3) is 11.8 Å². The van der Waals surface area contributed by atoms with Crippen molar-refractivity contribution in [3.63, 3.8) is 0 Å². The van der Waals surface area contributed by atoms with E-state index < -0.39 is 0 Å². The quantitative estimate of drug-likeness (QED) is 0.675. The Hall–Kier alpha value is -2.38. The van der Waals surface area contributed by atoms with Crippen LogP contribution in [0.3, 0.4) is 0 Å². The summed E-state index contributed by atoms with van der Waals surface area (Å²) in [5, 5.41) is 0. The van der Waals surface area contributed by atoms with E-state index in [1.165, 1.54) is 4.90 Å². The van der Waals surface area contributed by atoms with Gasteiger partial charge in [0.1, 0.15) is 11.4 Å². The summed E-state index contributed by atoms with van der Waals surface area (Å²) < 4.78 is 16.1. The Labute approximate surface area is 159 Å². The minimum atomic E-state index is -0.281. The summed E-state index contributed by atoms with van der Waals surface area (Å²) in [6, 6.07) is 7.32. The first-order valence-electron chi connectivity index (χ1n) is 9.22. The molecule has 1 saturated heterocycles. The van der Waals surface area contributed by atoms with Crippen LogP contribution in [0.15, 0.2) is 30.0 Å². The average Bonchev–Trinajstić information content (AvgIpc) is 2.91. The number of amides is 2. The molecule has 146 valence electrons. The van der Waals surface area contributed by atoms with Crippen LogP contribution < -0.4 is 4.74 Å². The number of imide groups is 1. The summed E-state index contributed by atoms with van der Waals surface area (Å²) in [7, 11) is 1.55. The second-order valence-electron chi connectivity index (χ2n) is 6.77. The highest BCUT2D eigenvalue weighted by molar-refractivity contribution is 6.35. The Balaban J connectivity index is 1.96. The first-order chi connectivity index (χ1) is 13.0. The lowest BCUT2D eigenvalue weighted by Gasteiger charge is -2.29. The summed E-state index contributed by atoms with van der Waals surface area (Å²) in [6.07, 6.45) is 0.0678. The topological polar surface area (TPSA) is 68.3 Å². The molecule has 7 nitrogen and oxygen atoms in total. The molecule has 3 rings (SSSR count). The van der Waals surface area contributed by atoms with Crippen LogP contribution >= 0.6 is 0 Å². The number of hydrogen-bond acceptors (Lipinski definition) is 6. The van der Waals surface area contributed by atoms with Gasteiger partial charge in [-0.2, -0.15) is 0 Å². The number of nitrogens with zero attached hydrogens (tertiary/aromatic N) is 2. The molecule has 1 fully saturated rings. The van der Waals surface area contributed by atoms with Crippen molar-refractivity contribution in [1.29, 1.82) is 0 Å². The zero-order chi connectivity index (χ0) is 19.4. The molecule has 0 bridgehead atoms. The van der Waals surface area contributed by atoms with E-state index in [-0.39, 0.29) is 24.5 Å². The van der Waals surface area contributed by atoms with Gasteiger partial charge in [-0.3, -0.25) is 14.5 Å². The maximum absolute atomic E-state index is 13.0. The molecule has 1 aromatic carbocycles. The van der Waals surface area contributed by atoms with Crippen molar-refractivity contribution in [2.24, 2.45) is 0 Å². The highest BCUT2D eigenvalue weighted by Gasteiger charge is 2.41. The zero-order valence-corrected chi connectivity index (χ0v) is 16.1. The van der Waals surface area contributed by atoms with E-state index in [4.69, 9.17) is 14.2 Å². The molecule has 0 N–H and O–H groups in total. The van der Waals surface area contributed by atoms with E-state index in [1.807, 2.05) is 43.0 Å². The van der Waals surface area contributed by atoms with Gasteiger partial charge in [-0.1, -0.05) is 12.1 Å². The lowest BCUT2D eigenvalue weighted by molar-refractivity contribution is -0.138. The zero-order valence-electron chi connectivity index (χ0n) is 16.1. The summed E-state index contributed by atoms with van der Waals surface area (Å²) in [5.41, 5.74) is 1.61. The number of morpholine rings is 1. The summed E-state index contributed by atoms with van der Waals surface area (Å²) in [4.78, 5) is 29.3. The van der Waals surface area contributed by atoms with Crippen LogP contribution in [-0.2, 0) is 19.1 Å². The molecular formula is C20H26N2O5. The van der Waals surface area contributed by atoms with Crippen molar-refractivity contribution in [2.45, 2.75) is 20.0 Å². The first kappa shape index (κ1) is 19.4. The fourth-order valence-corrected chi connectivity index (χ4v) is 3.26. The van der Waals surface area contributed by atoms with Crippen LogP contribution in [0.25, 0.3) is 5.57 Å². The molecule has 27 heavy (non-hydrogen) atoms. The molecule has 0 aliphatic carbocycles. The van der Waals surface area contributed by atoms with Gasteiger partial charge in [-0.05, 0) is 31.5 Å². The van der Waals surface area contributed by atoms with E-state index in [0.717, 1.165) is 5.75 Å². The Kier molecular flexibility index (Phi) is 6.13. The molecule has 7 heteroatoms. The summed E-state index contributed by atoms with van der Waals surface area (Å²) in [5.74, 6) is 0.183. The van der Waals surface area contributed by atoms with Crippen molar-refractivity contribution in [3.8, 4) is 5.75 Å². The molecule has 0 unspecified atom stereocenters. The predicted octanol–water partition coefficient (Wildman–Crippen LogP) is 1.53. The third-order valence-corrected chi connectivity index (χ3v) is 4.50. The lowest BCUT2D eigenvalue weighted by Crippen LogP contribution is -2.41. The van der Waals surface area contributed by atoms with Gasteiger partial charge in [0, 0.05) is 20.2 Å². The van der Waals surface area contributed by atoms with Crippen molar-refractivity contribution >= 4 is 17.4 Å². The molecule has 2 aliphatic rings. The van der Waals surface area contributed by atoms with Crippen LogP contribution in [0, 0.1) is 0 Å². The Morgan fingerprint density at radius 2 is 1.74 bits per heavy atom. The number of carbonyl (C=O) groups excluding carboxylic acids is 2. The largest absolute Gasteiger partial charge is 0.491 e. The number of ether oxygens (including phenoxy) is 3. The number of rotatable bonds is 7. The third kappa shape index (κ3) is 4.14. The van der Waals surface area contributed by atoms with E-state index in [0.29, 0.717) is 49.7 Å². The van der Waals surface area contributed by atoms with Gasteiger partial charge >= 0.3 is 0 Å². The molecule has 0 radical (unpaired) electrons. The highest BCUT2D eigenvalue weighted by Crippen LogP contribution is 2.32. The fourth-order valence-electron chi connectivity index (χ4n) is 3.26. The maximum Gasteiger partial charge on any atom is 0.277 e. The molecule has 0 aromatic heterocycles. The van der Waals surface area contributed by atoms with Crippen LogP contribution in [0.2, 0.25) is 0 Å². The summed E-state index contributed by atoms with van der Waals surface area (Å²) >= 11 is 0. The van der Waals surface area contributed by atoms with Crippen molar-refractivity contribution < 1.29 is 23.8 Å². The first-order valence-corrected chi connectivity index (χ1v) is 9.22. The number of carbonyl (C=O) groups is 2. The third-order valence-electron chi connectivity index (χ3n) is 4.50. The monoisotopic (exact) mass is 374 g/mol. The second kappa shape index (κ2) is 8.54. The van der Waals surface area contributed by atoms with Gasteiger partial charge in [-0.25, -0.2) is 0 Å². The van der Waals surface area contributed by atoms with E-state index in [9.17, 15) is 9.59 Å². The number of benzene rings is 1. The predicted molar refractivity (Wildman–Crippen MR) is 100 cm³/mol. The van der Waals surface area contributed by atoms with Crippen LogP contribution in [0.1, 0.15) is 19.4 Å². The van der Waals surface area contributed by atoms with Gasteiger partial charge < -0.3 is 19.1 Å². The standard InChI is InChI=1S/C20H26N2O5/c1-14(2)27-16-6-4-15(5-7-16)17-18(21-8-12-26-13-9-21)20(24)22(19(17)23)10-11-25-3/h4-7,14H,8-13H2,1-3H3. The smallest absolute Gasteiger partial charge is 0.277 e. The van der Waals surface area contributed by atoms with Gasteiger partial charge in [0.05, 0.1) is 38.0 Å².